The van der Waals surface area contributed by atoms with Crippen molar-refractivity contribution in [3.8, 4) is 0 Å². The van der Waals surface area contributed by atoms with Gasteiger partial charge in [0.15, 0.2) is 16.6 Å². The first kappa shape index (κ1) is 69.9. The summed E-state index contributed by atoms with van der Waals surface area (Å²) in [5, 5.41) is 10.6. The third-order valence-corrected chi connectivity index (χ3v) is 41.7. The summed E-state index contributed by atoms with van der Waals surface area (Å²) < 4.78 is 29.9. The van der Waals surface area contributed by atoms with E-state index < -0.39 is 52.8 Å². The average Bonchev–Trinajstić information content (AvgIpc) is 3.21. The largest absolute Gasteiger partial charge is 0.414 e. The van der Waals surface area contributed by atoms with Crippen molar-refractivity contribution in [2.24, 2.45) is 80.8 Å². The molecule has 10 nitrogen and oxygen atoms in total. The minimum atomic E-state index is -5.01. The number of halogens is 3. The van der Waals surface area contributed by atoms with E-state index in [0.29, 0.717) is 89.6 Å². The number of allylic oxidation sites excluding steroid dienone is 4. The van der Waals surface area contributed by atoms with Gasteiger partial charge in [0, 0.05) is 24.7 Å². The van der Waals surface area contributed by atoms with Gasteiger partial charge in [-0.1, -0.05) is 106 Å². The number of carbonyl (C=O) groups excluding carboxylic acids is 4. The number of benzene rings is 1. The van der Waals surface area contributed by atoms with Gasteiger partial charge >= 0.3 is 112 Å². The van der Waals surface area contributed by atoms with Crippen LogP contribution in [0.4, 0.5) is 0 Å². The standard InChI is InChI=1S/C28H50O2Si.C28H48O2Si.C12H13IO6.CH2Cl2/c2*1-19(18-29)24-11-12-25-21(10-9-13-27(24,25)6)14-20(2)28-16-22(28)15-23(17-28)30-31(7,8)26(3,4)5;1-8(14)17-13(3,18-9(2)15)11-7-5-4-6-10(11)12(16)19-13;2-1-3/h14,19-20,22-25,29H,9-13,15-18H2,1-8H3;14,18-20,22-25H,9-13,15-17H2,1-8H3;4-7H,1-3H3;1H2/b2*21-14+;;/t2*19-,20-,22?,23+,24-,25+,27-,28-;;/m11../s1. The Hall–Kier alpha value is -1.60. The van der Waals surface area contributed by atoms with Crippen molar-refractivity contribution in [2.45, 2.75) is 248 Å². The molecule has 8 fully saturated rings. The maximum absolute atomic E-state index is 11.9. The summed E-state index contributed by atoms with van der Waals surface area (Å²) in [6.07, 6.45) is 28.8. The molecule has 8 aliphatic carbocycles. The molecule has 9 aliphatic rings. The Labute approximate surface area is 523 Å². The van der Waals surface area contributed by atoms with Crippen LogP contribution >= 0.6 is 41.5 Å². The number of alkyl halides is 3. The van der Waals surface area contributed by atoms with E-state index in [1.165, 1.54) is 128 Å². The third kappa shape index (κ3) is 13.8. The molecular weight excluding hydrogens is 1240 g/mol. The molecule has 1 N–H and O–H groups in total. The fourth-order valence-electron chi connectivity index (χ4n) is 17.9. The van der Waals surface area contributed by atoms with Crippen LogP contribution in [-0.4, -0.2) is 75.0 Å². The van der Waals surface area contributed by atoms with Crippen molar-refractivity contribution >= 4 is 82.3 Å². The molecule has 1 aromatic carbocycles. The van der Waals surface area contributed by atoms with Crippen LogP contribution in [-0.2, 0) is 32.4 Å². The minimum Gasteiger partial charge on any atom is -0.414 e. The van der Waals surface area contributed by atoms with Gasteiger partial charge in [0.25, 0.3) is 0 Å². The topological polar surface area (TPSA) is 135 Å². The second-order valence-electron chi connectivity index (χ2n) is 31.7. The van der Waals surface area contributed by atoms with Crippen molar-refractivity contribution in [1.82, 2.24) is 0 Å². The zero-order valence-electron chi connectivity index (χ0n) is 55.5. The maximum Gasteiger partial charge on any atom is 0.192 e. The minimum absolute atomic E-state index is 0.194. The zero-order chi connectivity index (χ0) is 62.6. The van der Waals surface area contributed by atoms with Crippen molar-refractivity contribution in [3.63, 3.8) is 0 Å². The van der Waals surface area contributed by atoms with Crippen LogP contribution in [0.5, 0.6) is 0 Å². The van der Waals surface area contributed by atoms with Crippen LogP contribution in [0.25, 0.3) is 0 Å². The van der Waals surface area contributed by atoms with Gasteiger partial charge in [-0.15, -0.1) is 23.2 Å². The molecule has 8 saturated carbocycles. The SMILES string of the molecule is CC(=O)OI1(C)(OC(C)=O)OC(=O)c2ccccc21.C[C@H](C=O)[C@H]1CC[C@H]2/C(=C/[C@@H](C)[C@]34CC3C[C@H](O[Si](C)(C)C(C)(C)C)C4)CCC[C@]12C.C[C@H](CO)[C@H]1CC[C@H]2/C(=C/[C@@H](C)[C@]34CC3C[C@H](O[Si](C)(C)C(C)(C)C)C4)CCC[C@]12C.ClCCl. The Balaban J connectivity index is 0.000000182. The van der Waals surface area contributed by atoms with Crippen molar-refractivity contribution in [2.75, 3.05) is 16.9 Å². The van der Waals surface area contributed by atoms with Gasteiger partial charge in [-0.3, -0.25) is 0 Å². The second-order valence-corrected chi connectivity index (χ2v) is 50.6. The molecule has 0 bridgehead atoms. The summed E-state index contributed by atoms with van der Waals surface area (Å²) >= 11 is 4.52. The Kier molecular flexibility index (Phi) is 21.3. The number of hydrogen-bond acceptors (Lipinski definition) is 10. The monoisotopic (exact) mass is 1350 g/mol. The Morgan fingerprint density at radius 2 is 1.14 bits per heavy atom. The number of hydrogen-bond donors (Lipinski definition) is 1. The fourth-order valence-corrected chi connectivity index (χ4v) is 28.3. The van der Waals surface area contributed by atoms with Gasteiger partial charge in [0.1, 0.15) is 6.29 Å². The molecular formula is C69H113Cl2IO10Si2. The van der Waals surface area contributed by atoms with Gasteiger partial charge in [0.05, 0.1) is 5.34 Å². The molecule has 0 spiro atoms. The Bertz CT molecular complexity index is 2600. The van der Waals surface area contributed by atoms with Crippen LogP contribution in [0.1, 0.15) is 210 Å². The first-order valence-corrected chi connectivity index (χ1v) is 45.1. The molecule has 0 aromatic heterocycles. The smallest absolute Gasteiger partial charge is 0.192 e. The predicted octanol–water partition coefficient (Wildman–Crippen LogP) is 18.9. The Morgan fingerprint density at radius 3 is 1.55 bits per heavy atom. The van der Waals surface area contributed by atoms with E-state index in [2.05, 4.69) is 121 Å². The van der Waals surface area contributed by atoms with Gasteiger partial charge in [-0.2, -0.15) is 0 Å². The quantitative estimate of drug-likeness (QED) is 0.0631. The molecule has 1 heterocycles. The summed E-state index contributed by atoms with van der Waals surface area (Å²) in [5.41, 5.74) is 5.59. The molecule has 478 valence electrons. The average molecular weight is 1360 g/mol. The third-order valence-electron chi connectivity index (χ3n) is 24.4. The molecule has 2 unspecified atom stereocenters. The second kappa shape index (κ2) is 25.6. The van der Waals surface area contributed by atoms with Crippen LogP contribution in [0.3, 0.4) is 0 Å². The number of rotatable bonds is 14. The summed E-state index contributed by atoms with van der Waals surface area (Å²) in [5.74, 6) is 4.58. The van der Waals surface area contributed by atoms with Gasteiger partial charge in [0.2, 0.25) is 0 Å². The predicted molar refractivity (Wildman–Crippen MR) is 357 cm³/mol. The molecule has 0 amide bonds. The summed E-state index contributed by atoms with van der Waals surface area (Å²) in [4.78, 5) is 47.6. The molecule has 0 saturated heterocycles. The van der Waals surface area contributed by atoms with Crippen LogP contribution < -0.4 is 0 Å². The maximum atomic E-state index is 11.9. The van der Waals surface area contributed by atoms with Crippen molar-refractivity contribution in [3.05, 3.63) is 56.7 Å². The van der Waals surface area contributed by atoms with Crippen LogP contribution in [0.15, 0.2) is 47.6 Å². The first-order valence-electron chi connectivity index (χ1n) is 32.4. The van der Waals surface area contributed by atoms with Gasteiger partial charge in [-0.05, 0) is 214 Å². The normalized spacial score (nSPS) is 36.9. The summed E-state index contributed by atoms with van der Waals surface area (Å²) in [6.45, 7) is 41.0. The van der Waals surface area contributed by atoms with Crippen molar-refractivity contribution < 1.29 is 42.3 Å². The van der Waals surface area contributed by atoms with E-state index in [9.17, 15) is 24.3 Å². The molecule has 15 heteroatoms. The fraction of sp³-hybridized carbons (Fsp3) is 0.797. The molecule has 84 heavy (non-hydrogen) atoms. The number of aliphatic hydroxyl groups excluding tert-OH is 1. The molecule has 1 aromatic rings. The first-order chi connectivity index (χ1) is 38.8. The number of fused-ring (bicyclic) bond motifs is 5. The Morgan fingerprint density at radius 1 is 0.726 bits per heavy atom. The summed E-state index contributed by atoms with van der Waals surface area (Å²) in [6, 6.07) is 6.45. The molecule has 1 aliphatic heterocycles. The summed E-state index contributed by atoms with van der Waals surface area (Å²) in [7, 11) is -3.36. The number of carbonyl (C=O) groups is 4. The molecule has 10 rings (SSSR count). The van der Waals surface area contributed by atoms with Gasteiger partial charge in [-0.25, -0.2) is 0 Å². The van der Waals surface area contributed by atoms with Gasteiger partial charge < -0.3 is 18.8 Å². The van der Waals surface area contributed by atoms with E-state index in [0.717, 1.165) is 17.8 Å². The zero-order valence-corrected chi connectivity index (χ0v) is 61.1. The van der Waals surface area contributed by atoms with Crippen LogP contribution in [0.2, 0.25) is 36.3 Å². The van der Waals surface area contributed by atoms with E-state index >= 15 is 0 Å². The number of aliphatic hydroxyl groups is 1. The van der Waals surface area contributed by atoms with E-state index in [1.807, 2.05) is 0 Å². The van der Waals surface area contributed by atoms with E-state index in [4.69, 9.17) is 41.3 Å². The van der Waals surface area contributed by atoms with Crippen molar-refractivity contribution in [1.29, 1.82) is 0 Å². The van der Waals surface area contributed by atoms with Crippen LogP contribution in [0, 0.1) is 84.4 Å². The van der Waals surface area contributed by atoms with E-state index in [-0.39, 0.29) is 16.8 Å². The molecule has 16 atom stereocenters. The molecule has 0 radical (unpaired) electrons. The van der Waals surface area contributed by atoms with E-state index in [1.54, 1.807) is 35.4 Å². The number of aldehydes is 1.